The Morgan fingerprint density at radius 3 is 2.75 bits per heavy atom. The normalized spacial score (nSPS) is 9.25. The number of aromatic nitrogens is 2. The maximum absolute atomic E-state index is 5.34. The highest BCUT2D eigenvalue weighted by molar-refractivity contribution is 6.28. The van der Waals surface area contributed by atoms with E-state index in [1.165, 1.54) is 6.20 Å². The van der Waals surface area contributed by atoms with Crippen molar-refractivity contribution in [3.8, 4) is 0 Å². The Kier molecular flexibility index (Phi) is 1.44. The van der Waals surface area contributed by atoms with E-state index in [1.807, 2.05) is 0 Å². The first kappa shape index (κ1) is 5.51. The third kappa shape index (κ3) is 1.17. The standard InChI is InChI=1S/C5H3ClN2/c1-4-2-3-7-5(6)8-4/h1-3H. The van der Waals surface area contributed by atoms with Gasteiger partial charge in [-0.1, -0.05) is 0 Å². The van der Waals surface area contributed by atoms with E-state index in [9.17, 15) is 0 Å². The molecule has 0 spiro atoms. The number of halogens is 1. The van der Waals surface area contributed by atoms with Gasteiger partial charge in [-0.3, -0.25) is 0 Å². The summed E-state index contributed by atoms with van der Waals surface area (Å²) in [6, 6.07) is 1.58. The van der Waals surface area contributed by atoms with Crippen molar-refractivity contribution < 1.29 is 0 Å². The summed E-state index contributed by atoms with van der Waals surface area (Å²) in [7, 11) is 0. The molecule has 8 heavy (non-hydrogen) atoms. The highest BCUT2D eigenvalue weighted by Crippen LogP contribution is 1.97. The lowest BCUT2D eigenvalue weighted by molar-refractivity contribution is 1.14. The van der Waals surface area contributed by atoms with Gasteiger partial charge in [0.15, 0.2) is 0 Å². The van der Waals surface area contributed by atoms with Crippen molar-refractivity contribution in [3.05, 3.63) is 30.2 Å². The summed E-state index contributed by atoms with van der Waals surface area (Å²) in [6.07, 6.45) is 1.50. The van der Waals surface area contributed by atoms with E-state index in [2.05, 4.69) is 9.97 Å². The molecule has 0 N–H and O–H groups in total. The van der Waals surface area contributed by atoms with Crippen LogP contribution < -0.4 is 0 Å². The van der Waals surface area contributed by atoms with E-state index >= 15 is 0 Å². The van der Waals surface area contributed by atoms with Crippen molar-refractivity contribution in [2.24, 2.45) is 0 Å². The zero-order chi connectivity index (χ0) is 5.98. The fourth-order valence-corrected chi connectivity index (χ4v) is 0.502. The fourth-order valence-electron chi connectivity index (χ4n) is 0.348. The van der Waals surface area contributed by atoms with Crippen LogP contribution in [-0.4, -0.2) is 9.97 Å². The quantitative estimate of drug-likeness (QED) is 0.488. The summed E-state index contributed by atoms with van der Waals surface area (Å²) in [6.45, 7) is 5.22. The molecule has 0 bridgehead atoms. The predicted octanol–water partition coefficient (Wildman–Crippen LogP) is 1.19. The van der Waals surface area contributed by atoms with E-state index < -0.39 is 0 Å². The Balaban J connectivity index is 3.08. The Morgan fingerprint density at radius 2 is 2.38 bits per heavy atom. The van der Waals surface area contributed by atoms with Gasteiger partial charge in [0.25, 0.3) is 0 Å². The van der Waals surface area contributed by atoms with Crippen molar-refractivity contribution in [3.63, 3.8) is 0 Å². The van der Waals surface area contributed by atoms with Crippen molar-refractivity contribution in [2.45, 2.75) is 0 Å². The molecule has 0 aliphatic rings. The van der Waals surface area contributed by atoms with Crippen LogP contribution in [0.3, 0.4) is 0 Å². The summed E-state index contributed by atoms with van der Waals surface area (Å²) in [4.78, 5) is 7.22. The van der Waals surface area contributed by atoms with Crippen LogP contribution in [0.4, 0.5) is 0 Å². The monoisotopic (exact) mass is 126 g/mol. The van der Waals surface area contributed by atoms with Crippen LogP contribution in [0.25, 0.3) is 0 Å². The van der Waals surface area contributed by atoms with Gasteiger partial charge in [0.2, 0.25) is 5.28 Å². The van der Waals surface area contributed by atoms with Gasteiger partial charge in [-0.15, -0.1) is 0 Å². The Bertz CT molecular complexity index is 170. The Morgan fingerprint density at radius 1 is 1.62 bits per heavy atom. The van der Waals surface area contributed by atoms with Crippen LogP contribution in [0.1, 0.15) is 5.69 Å². The first-order chi connectivity index (χ1) is 3.79. The predicted molar refractivity (Wildman–Crippen MR) is 30.4 cm³/mol. The lowest BCUT2D eigenvalue weighted by atomic mass is 10.5. The highest BCUT2D eigenvalue weighted by atomic mass is 35.5. The van der Waals surface area contributed by atoms with E-state index in [1.54, 1.807) is 6.07 Å². The van der Waals surface area contributed by atoms with Crippen molar-refractivity contribution >= 4 is 11.6 Å². The first-order valence-electron chi connectivity index (χ1n) is 2.03. The summed E-state index contributed by atoms with van der Waals surface area (Å²) in [5.74, 6) is 0. The van der Waals surface area contributed by atoms with Gasteiger partial charge in [-0.05, 0) is 17.7 Å². The van der Waals surface area contributed by atoms with E-state index in [-0.39, 0.29) is 5.28 Å². The molecule has 2 nitrogen and oxygen atoms in total. The zero-order valence-corrected chi connectivity index (χ0v) is 4.76. The molecule has 0 saturated carbocycles. The number of hydrogen-bond donors (Lipinski definition) is 0. The minimum atomic E-state index is 0.185. The topological polar surface area (TPSA) is 25.8 Å². The van der Waals surface area contributed by atoms with Crippen LogP contribution in [0.5, 0.6) is 0 Å². The molecule has 0 aromatic carbocycles. The summed E-state index contributed by atoms with van der Waals surface area (Å²) >= 11 is 5.34. The van der Waals surface area contributed by atoms with Crippen molar-refractivity contribution in [2.75, 3.05) is 0 Å². The number of hydrogen-bond acceptors (Lipinski definition) is 2. The third-order valence-electron chi connectivity index (χ3n) is 0.648. The Labute approximate surface area is 52.5 Å². The molecule has 0 amide bonds. The van der Waals surface area contributed by atoms with Gasteiger partial charge in [0.05, 0.1) is 0 Å². The van der Waals surface area contributed by atoms with E-state index in [4.69, 9.17) is 18.5 Å². The molecule has 1 aromatic heterocycles. The lowest BCUT2D eigenvalue weighted by Gasteiger charge is -1.86. The molecule has 3 heteroatoms. The van der Waals surface area contributed by atoms with Gasteiger partial charge in [-0.2, -0.15) is 0 Å². The molecule has 0 atom stereocenters. The molecule has 0 unspecified atom stereocenters. The molecule has 40 valence electrons. The molecule has 0 fully saturated rings. The number of rotatable bonds is 0. The maximum atomic E-state index is 5.34. The van der Waals surface area contributed by atoms with Gasteiger partial charge >= 0.3 is 0 Å². The average Bonchev–Trinajstić information content (AvgIpc) is 1.64. The van der Waals surface area contributed by atoms with Gasteiger partial charge < -0.3 is 0 Å². The largest absolute Gasteiger partial charge is 0.227 e. The summed E-state index contributed by atoms with van der Waals surface area (Å²) in [5, 5.41) is 0.185. The average molecular weight is 127 g/mol. The van der Waals surface area contributed by atoms with Crippen LogP contribution in [0, 0.1) is 6.92 Å². The molecule has 1 heterocycles. The molecular weight excluding hydrogens is 124 g/mol. The highest BCUT2D eigenvalue weighted by Gasteiger charge is 1.86. The SMILES string of the molecule is [CH]c1ccnc(Cl)n1. The minimum absolute atomic E-state index is 0.185. The van der Waals surface area contributed by atoms with Gasteiger partial charge in [-0.25, -0.2) is 9.97 Å². The fraction of sp³-hybridized carbons (Fsp3) is 0. The first-order valence-corrected chi connectivity index (χ1v) is 2.41. The van der Waals surface area contributed by atoms with Crippen molar-refractivity contribution in [1.29, 1.82) is 0 Å². The molecule has 1 aromatic rings. The van der Waals surface area contributed by atoms with Crippen molar-refractivity contribution in [1.82, 2.24) is 9.97 Å². The summed E-state index contributed by atoms with van der Waals surface area (Å²) in [5.41, 5.74) is 0.394. The van der Waals surface area contributed by atoms with E-state index in [0.717, 1.165) is 0 Å². The second kappa shape index (κ2) is 2.09. The summed E-state index contributed by atoms with van der Waals surface area (Å²) < 4.78 is 0. The third-order valence-corrected chi connectivity index (χ3v) is 0.830. The lowest BCUT2D eigenvalue weighted by Crippen LogP contribution is -1.82. The molecule has 0 aliphatic carbocycles. The van der Waals surface area contributed by atoms with E-state index in [0.29, 0.717) is 5.69 Å². The minimum Gasteiger partial charge on any atom is -0.227 e. The molecule has 1 rings (SSSR count). The molecule has 2 radical (unpaired) electrons. The van der Waals surface area contributed by atoms with Crippen LogP contribution in [0.15, 0.2) is 12.3 Å². The zero-order valence-electron chi connectivity index (χ0n) is 4.00. The van der Waals surface area contributed by atoms with Gasteiger partial charge in [0, 0.05) is 18.8 Å². The maximum Gasteiger partial charge on any atom is 0.222 e. The molecule has 0 saturated heterocycles. The smallest absolute Gasteiger partial charge is 0.222 e. The van der Waals surface area contributed by atoms with Crippen LogP contribution in [0.2, 0.25) is 5.28 Å². The number of nitrogens with zero attached hydrogens (tertiary/aromatic N) is 2. The second-order valence-electron chi connectivity index (χ2n) is 1.25. The van der Waals surface area contributed by atoms with Crippen LogP contribution >= 0.6 is 11.6 Å². The van der Waals surface area contributed by atoms with Crippen LogP contribution in [-0.2, 0) is 0 Å². The molecular formula is C5H3ClN2. The molecule has 0 aliphatic heterocycles. The second-order valence-corrected chi connectivity index (χ2v) is 1.59. The van der Waals surface area contributed by atoms with Gasteiger partial charge in [0.1, 0.15) is 0 Å². The Hall–Kier alpha value is -0.630.